The summed E-state index contributed by atoms with van der Waals surface area (Å²) in [6.07, 6.45) is 30.0. The predicted octanol–water partition coefficient (Wildman–Crippen LogP) is 10.3. The van der Waals surface area contributed by atoms with Gasteiger partial charge in [0.15, 0.2) is 0 Å². The maximum atomic E-state index is 13.6. The topological polar surface area (TPSA) is 29.1 Å². The molecule has 2 heteroatoms. The maximum Gasteiger partial charge on any atom is 0.226 e. The average molecular weight is 512 g/mol. The van der Waals surface area contributed by atoms with Crippen LogP contribution < -0.4 is 5.32 Å². The molecule has 1 saturated carbocycles. The third-order valence-electron chi connectivity index (χ3n) is 10.7. The van der Waals surface area contributed by atoms with E-state index in [1.165, 1.54) is 103 Å². The molecule has 0 spiro atoms. The Morgan fingerprint density at radius 1 is 0.919 bits per heavy atom. The highest BCUT2D eigenvalue weighted by Gasteiger charge is 2.56. The second-order valence-electron chi connectivity index (χ2n) is 13.7. The van der Waals surface area contributed by atoms with Crippen LogP contribution in [-0.4, -0.2) is 12.5 Å². The summed E-state index contributed by atoms with van der Waals surface area (Å²) in [5, 5.41) is 3.41. The molecule has 212 valence electrons. The number of rotatable bonds is 16. The van der Waals surface area contributed by atoms with Crippen molar-refractivity contribution in [1.29, 1.82) is 0 Å². The Morgan fingerprint density at radius 2 is 1.51 bits per heavy atom. The zero-order valence-electron chi connectivity index (χ0n) is 25.4. The van der Waals surface area contributed by atoms with Crippen molar-refractivity contribution in [3.63, 3.8) is 0 Å². The first-order valence-corrected chi connectivity index (χ1v) is 16.5. The third-order valence-corrected chi connectivity index (χ3v) is 10.7. The van der Waals surface area contributed by atoms with Gasteiger partial charge < -0.3 is 5.32 Å². The van der Waals surface area contributed by atoms with Gasteiger partial charge in [-0.05, 0) is 67.3 Å². The lowest BCUT2D eigenvalue weighted by molar-refractivity contribution is -0.144. The molecule has 0 bridgehead atoms. The molecule has 3 aliphatic rings. The fraction of sp³-hybridized carbons (Fsp3) is 0.857. The molecule has 3 rings (SSSR count). The largest absolute Gasteiger partial charge is 0.356 e. The average Bonchev–Trinajstić information content (AvgIpc) is 2.88. The van der Waals surface area contributed by atoms with E-state index in [9.17, 15) is 4.79 Å². The van der Waals surface area contributed by atoms with Crippen LogP contribution in [0.25, 0.3) is 0 Å². The van der Waals surface area contributed by atoms with Crippen molar-refractivity contribution in [3.8, 4) is 0 Å². The smallest absolute Gasteiger partial charge is 0.226 e. The van der Waals surface area contributed by atoms with Gasteiger partial charge in [0.25, 0.3) is 0 Å². The third kappa shape index (κ3) is 7.98. The van der Waals surface area contributed by atoms with Crippen molar-refractivity contribution in [2.24, 2.45) is 28.6 Å². The minimum atomic E-state index is -0.215. The van der Waals surface area contributed by atoms with E-state index in [-0.39, 0.29) is 10.8 Å². The van der Waals surface area contributed by atoms with Gasteiger partial charge in [0.1, 0.15) is 0 Å². The number of hydrogen-bond donors (Lipinski definition) is 1. The number of nitrogens with one attached hydrogen (secondary N) is 1. The predicted molar refractivity (Wildman–Crippen MR) is 161 cm³/mol. The van der Waals surface area contributed by atoms with Gasteiger partial charge in [-0.1, -0.05) is 136 Å². The van der Waals surface area contributed by atoms with Gasteiger partial charge >= 0.3 is 0 Å². The van der Waals surface area contributed by atoms with Crippen LogP contribution in [0.5, 0.6) is 0 Å². The van der Waals surface area contributed by atoms with Crippen LogP contribution in [0.3, 0.4) is 0 Å². The van der Waals surface area contributed by atoms with Gasteiger partial charge in [0, 0.05) is 6.54 Å². The van der Waals surface area contributed by atoms with E-state index in [0.29, 0.717) is 23.7 Å². The fourth-order valence-electron chi connectivity index (χ4n) is 8.16. The van der Waals surface area contributed by atoms with Gasteiger partial charge in [-0.3, -0.25) is 4.79 Å². The van der Waals surface area contributed by atoms with Gasteiger partial charge in [-0.25, -0.2) is 0 Å². The van der Waals surface area contributed by atoms with Crippen molar-refractivity contribution in [3.05, 3.63) is 23.3 Å². The lowest BCUT2D eigenvalue weighted by atomic mass is 9.46. The molecular weight excluding hydrogens is 450 g/mol. The normalized spacial score (nSPS) is 29.4. The molecule has 37 heavy (non-hydrogen) atoms. The number of allylic oxidation sites excluding steroid dienone is 4. The molecule has 1 amide bonds. The number of carbonyl (C=O) groups excluding carboxylic acids is 1. The molecule has 1 unspecified atom stereocenters. The van der Waals surface area contributed by atoms with E-state index < -0.39 is 0 Å². The molecular formula is C35H61NO. The molecule has 1 fully saturated rings. The molecule has 0 aromatic heterocycles. The molecule has 0 radical (unpaired) electrons. The zero-order chi connectivity index (χ0) is 26.7. The highest BCUT2D eigenvalue weighted by atomic mass is 16.2. The standard InChI is InChI=1S/C35H61NO/c1-6-7-8-9-10-11-12-13-14-15-16-17-18-26-36-33(37)35(5)25-19-24-34(4)31-22-20-29(28(2)3)27-30(31)21-23-32(34)35/h21,27-28,31-32H,6-20,22-26H2,1-5H3,(H,36,37)/t31-,32?,34-,35+/m1/s1. The lowest BCUT2D eigenvalue weighted by Crippen LogP contribution is -2.55. The Morgan fingerprint density at radius 3 is 2.11 bits per heavy atom. The Balaban J connectivity index is 1.36. The van der Waals surface area contributed by atoms with Crippen LogP contribution in [0.4, 0.5) is 0 Å². The molecule has 0 aromatic rings. The first kappa shape index (κ1) is 30.5. The molecule has 4 atom stereocenters. The Labute approximate surface area is 230 Å². The first-order valence-electron chi connectivity index (χ1n) is 16.5. The molecule has 0 saturated heterocycles. The second kappa shape index (κ2) is 14.9. The number of carbonyl (C=O) groups is 1. The van der Waals surface area contributed by atoms with Crippen LogP contribution >= 0.6 is 0 Å². The summed E-state index contributed by atoms with van der Waals surface area (Å²) in [5.41, 5.74) is 3.26. The van der Waals surface area contributed by atoms with E-state index in [0.717, 1.165) is 25.8 Å². The van der Waals surface area contributed by atoms with Gasteiger partial charge in [0.2, 0.25) is 5.91 Å². The first-order chi connectivity index (χ1) is 17.8. The summed E-state index contributed by atoms with van der Waals surface area (Å²) in [7, 11) is 0. The summed E-state index contributed by atoms with van der Waals surface area (Å²) in [4.78, 5) is 13.6. The van der Waals surface area contributed by atoms with Crippen molar-refractivity contribution in [1.82, 2.24) is 5.32 Å². The Bertz CT molecular complexity index is 763. The molecule has 2 nitrogen and oxygen atoms in total. The van der Waals surface area contributed by atoms with E-state index in [2.05, 4.69) is 52.1 Å². The highest BCUT2D eigenvalue weighted by Crippen LogP contribution is 2.62. The number of unbranched alkanes of at least 4 members (excludes halogenated alkanes) is 12. The van der Waals surface area contributed by atoms with Crippen molar-refractivity contribution in [2.45, 2.75) is 157 Å². The molecule has 0 heterocycles. The van der Waals surface area contributed by atoms with Crippen LogP contribution in [0, 0.1) is 28.6 Å². The minimum absolute atomic E-state index is 0.215. The van der Waals surface area contributed by atoms with E-state index in [1.54, 1.807) is 11.1 Å². The van der Waals surface area contributed by atoms with E-state index >= 15 is 0 Å². The number of amides is 1. The van der Waals surface area contributed by atoms with Crippen LogP contribution in [-0.2, 0) is 4.79 Å². The Hall–Kier alpha value is -1.05. The van der Waals surface area contributed by atoms with E-state index in [1.807, 2.05) is 0 Å². The van der Waals surface area contributed by atoms with E-state index in [4.69, 9.17) is 0 Å². The van der Waals surface area contributed by atoms with Crippen molar-refractivity contribution >= 4 is 5.91 Å². The summed E-state index contributed by atoms with van der Waals surface area (Å²) < 4.78 is 0. The molecule has 1 N–H and O–H groups in total. The molecule has 0 aliphatic heterocycles. The minimum Gasteiger partial charge on any atom is -0.356 e. The van der Waals surface area contributed by atoms with Crippen molar-refractivity contribution < 1.29 is 4.79 Å². The number of fused-ring (bicyclic) bond motifs is 3. The maximum absolute atomic E-state index is 13.6. The SMILES string of the molecule is CCCCCCCCCCCCCCCNC(=O)[C@@]1(C)CCC[C@@]2(C)C1CC=C1C=C(C(C)C)CC[C@H]12. The van der Waals surface area contributed by atoms with Crippen molar-refractivity contribution in [2.75, 3.05) is 6.54 Å². The highest BCUT2D eigenvalue weighted by molar-refractivity contribution is 5.83. The summed E-state index contributed by atoms with van der Waals surface area (Å²) in [6, 6.07) is 0. The fourth-order valence-corrected chi connectivity index (χ4v) is 8.16. The Kier molecular flexibility index (Phi) is 12.3. The van der Waals surface area contributed by atoms with Crippen LogP contribution in [0.15, 0.2) is 23.3 Å². The van der Waals surface area contributed by atoms with Crippen LogP contribution in [0.2, 0.25) is 0 Å². The molecule has 0 aromatic carbocycles. The van der Waals surface area contributed by atoms with Crippen LogP contribution in [0.1, 0.15) is 157 Å². The quantitative estimate of drug-likeness (QED) is 0.205. The lowest BCUT2D eigenvalue weighted by Gasteiger charge is -2.57. The monoisotopic (exact) mass is 511 g/mol. The van der Waals surface area contributed by atoms with Gasteiger partial charge in [0.05, 0.1) is 5.41 Å². The van der Waals surface area contributed by atoms with Gasteiger partial charge in [-0.2, -0.15) is 0 Å². The summed E-state index contributed by atoms with van der Waals surface area (Å²) >= 11 is 0. The zero-order valence-corrected chi connectivity index (χ0v) is 25.4. The second-order valence-corrected chi connectivity index (χ2v) is 13.7. The number of hydrogen-bond acceptors (Lipinski definition) is 1. The van der Waals surface area contributed by atoms with Gasteiger partial charge in [-0.15, -0.1) is 0 Å². The molecule has 3 aliphatic carbocycles. The summed E-state index contributed by atoms with van der Waals surface area (Å²) in [5.74, 6) is 2.11. The summed E-state index contributed by atoms with van der Waals surface area (Å²) in [6.45, 7) is 12.6.